The SMILES string of the molecule is Cc1ccc(-n2cnnc2SCC(=O)Nc2cc(C(=O)NC3CC3)ccc2C)cc1Cl. The molecule has 0 bridgehead atoms. The van der Waals surface area contributed by atoms with Gasteiger partial charge in [-0.3, -0.25) is 14.2 Å². The van der Waals surface area contributed by atoms with Gasteiger partial charge in [0.05, 0.1) is 11.4 Å². The number of anilines is 1. The number of hydrogen-bond acceptors (Lipinski definition) is 5. The molecule has 7 nitrogen and oxygen atoms in total. The number of carbonyl (C=O) groups excluding carboxylic acids is 2. The number of thioether (sulfide) groups is 1. The smallest absolute Gasteiger partial charge is 0.251 e. The van der Waals surface area contributed by atoms with Crippen LogP contribution in [0.5, 0.6) is 0 Å². The third-order valence-corrected chi connectivity index (χ3v) is 6.32. The Balaban J connectivity index is 1.40. The highest BCUT2D eigenvalue weighted by Crippen LogP contribution is 2.25. The van der Waals surface area contributed by atoms with Crippen LogP contribution < -0.4 is 10.6 Å². The van der Waals surface area contributed by atoms with Gasteiger partial charge in [0.2, 0.25) is 5.91 Å². The maximum absolute atomic E-state index is 12.6. The molecule has 0 atom stereocenters. The lowest BCUT2D eigenvalue weighted by atomic mass is 10.1. The quantitative estimate of drug-likeness (QED) is 0.522. The molecule has 0 unspecified atom stereocenters. The second-order valence-electron chi connectivity index (χ2n) is 7.53. The van der Waals surface area contributed by atoms with Crippen molar-refractivity contribution in [2.75, 3.05) is 11.1 Å². The van der Waals surface area contributed by atoms with Gasteiger partial charge in [-0.1, -0.05) is 35.5 Å². The van der Waals surface area contributed by atoms with Gasteiger partial charge in [-0.2, -0.15) is 0 Å². The van der Waals surface area contributed by atoms with Gasteiger partial charge in [-0.25, -0.2) is 0 Å². The van der Waals surface area contributed by atoms with Gasteiger partial charge in [0.1, 0.15) is 6.33 Å². The van der Waals surface area contributed by atoms with E-state index in [0.29, 0.717) is 21.4 Å². The normalized spacial score (nSPS) is 13.1. The Kier molecular flexibility index (Phi) is 6.29. The summed E-state index contributed by atoms with van der Waals surface area (Å²) in [4.78, 5) is 24.9. The van der Waals surface area contributed by atoms with E-state index in [1.807, 2.05) is 38.1 Å². The molecule has 2 amide bonds. The van der Waals surface area contributed by atoms with Crippen molar-refractivity contribution in [3.05, 3.63) is 64.4 Å². The minimum absolute atomic E-state index is 0.114. The van der Waals surface area contributed by atoms with E-state index in [0.717, 1.165) is 29.7 Å². The van der Waals surface area contributed by atoms with Crippen molar-refractivity contribution < 1.29 is 9.59 Å². The number of benzene rings is 2. The van der Waals surface area contributed by atoms with Crippen LogP contribution in [0.4, 0.5) is 5.69 Å². The average Bonchev–Trinajstić information content (AvgIpc) is 3.43. The van der Waals surface area contributed by atoms with Crippen molar-refractivity contribution in [1.82, 2.24) is 20.1 Å². The molecule has 2 aromatic carbocycles. The Labute approximate surface area is 189 Å². The van der Waals surface area contributed by atoms with Crippen LogP contribution in [-0.2, 0) is 4.79 Å². The van der Waals surface area contributed by atoms with Crippen LogP contribution in [0.1, 0.15) is 34.3 Å². The molecule has 2 N–H and O–H groups in total. The van der Waals surface area contributed by atoms with E-state index in [2.05, 4.69) is 20.8 Å². The van der Waals surface area contributed by atoms with E-state index in [1.165, 1.54) is 11.8 Å². The first-order valence-electron chi connectivity index (χ1n) is 9.91. The van der Waals surface area contributed by atoms with E-state index in [1.54, 1.807) is 23.0 Å². The number of aromatic nitrogens is 3. The number of rotatable bonds is 7. The third kappa shape index (κ3) is 5.26. The highest BCUT2D eigenvalue weighted by Gasteiger charge is 2.24. The van der Waals surface area contributed by atoms with Crippen LogP contribution in [0.15, 0.2) is 47.9 Å². The van der Waals surface area contributed by atoms with Crippen LogP contribution in [0.2, 0.25) is 5.02 Å². The number of hydrogen-bond donors (Lipinski definition) is 2. The summed E-state index contributed by atoms with van der Waals surface area (Å²) in [6.45, 7) is 3.83. The number of carbonyl (C=O) groups is 2. The molecule has 1 aliphatic carbocycles. The van der Waals surface area contributed by atoms with Crippen molar-refractivity contribution in [3.8, 4) is 5.69 Å². The third-order valence-electron chi connectivity index (χ3n) is 4.97. The van der Waals surface area contributed by atoms with Crippen molar-refractivity contribution in [2.24, 2.45) is 0 Å². The first-order chi connectivity index (χ1) is 14.9. The van der Waals surface area contributed by atoms with Gasteiger partial charge >= 0.3 is 0 Å². The van der Waals surface area contributed by atoms with E-state index in [4.69, 9.17) is 11.6 Å². The fraction of sp³-hybridized carbons (Fsp3) is 0.273. The minimum Gasteiger partial charge on any atom is -0.349 e. The topological polar surface area (TPSA) is 88.9 Å². The van der Waals surface area contributed by atoms with Gasteiger partial charge < -0.3 is 10.6 Å². The van der Waals surface area contributed by atoms with Crippen molar-refractivity contribution in [1.29, 1.82) is 0 Å². The molecular formula is C22H22ClN5O2S. The Bertz CT molecular complexity index is 1140. The van der Waals surface area contributed by atoms with Gasteiger partial charge in [-0.05, 0) is 62.1 Å². The van der Waals surface area contributed by atoms with Gasteiger partial charge in [-0.15, -0.1) is 10.2 Å². The van der Waals surface area contributed by atoms with Crippen LogP contribution in [0.25, 0.3) is 5.69 Å². The van der Waals surface area contributed by atoms with Gasteiger partial charge in [0.25, 0.3) is 5.91 Å². The van der Waals surface area contributed by atoms with Crippen molar-refractivity contribution >= 4 is 40.9 Å². The fourth-order valence-electron chi connectivity index (χ4n) is 2.94. The summed E-state index contributed by atoms with van der Waals surface area (Å²) < 4.78 is 1.79. The maximum atomic E-state index is 12.6. The monoisotopic (exact) mass is 455 g/mol. The predicted molar refractivity (Wildman–Crippen MR) is 122 cm³/mol. The molecule has 0 radical (unpaired) electrons. The molecule has 31 heavy (non-hydrogen) atoms. The van der Waals surface area contributed by atoms with Crippen LogP contribution in [-0.4, -0.2) is 38.4 Å². The van der Waals surface area contributed by atoms with Crippen LogP contribution in [0, 0.1) is 13.8 Å². The molecule has 1 saturated carbocycles. The summed E-state index contributed by atoms with van der Waals surface area (Å²) >= 11 is 7.50. The Morgan fingerprint density at radius 1 is 1.16 bits per heavy atom. The van der Waals surface area contributed by atoms with Crippen molar-refractivity contribution in [2.45, 2.75) is 37.9 Å². The molecule has 9 heteroatoms. The molecule has 160 valence electrons. The number of amides is 2. The summed E-state index contributed by atoms with van der Waals surface area (Å²) in [6, 6.07) is 11.3. The molecule has 1 fully saturated rings. The molecular weight excluding hydrogens is 434 g/mol. The summed E-state index contributed by atoms with van der Waals surface area (Å²) in [5.41, 5.74) is 3.86. The largest absolute Gasteiger partial charge is 0.349 e. The lowest BCUT2D eigenvalue weighted by Crippen LogP contribution is -2.25. The minimum atomic E-state index is -0.190. The Morgan fingerprint density at radius 3 is 2.68 bits per heavy atom. The van der Waals surface area contributed by atoms with E-state index >= 15 is 0 Å². The van der Waals surface area contributed by atoms with Crippen LogP contribution >= 0.6 is 23.4 Å². The molecule has 1 aromatic heterocycles. The van der Waals surface area contributed by atoms with Crippen LogP contribution in [0.3, 0.4) is 0 Å². The second-order valence-corrected chi connectivity index (χ2v) is 8.88. The zero-order valence-electron chi connectivity index (χ0n) is 17.2. The number of nitrogens with one attached hydrogen (secondary N) is 2. The molecule has 1 heterocycles. The van der Waals surface area contributed by atoms with Gasteiger partial charge in [0, 0.05) is 22.3 Å². The zero-order chi connectivity index (χ0) is 22.0. The molecule has 1 aliphatic rings. The lowest BCUT2D eigenvalue weighted by molar-refractivity contribution is -0.113. The zero-order valence-corrected chi connectivity index (χ0v) is 18.8. The number of nitrogens with zero attached hydrogens (tertiary/aromatic N) is 3. The standard InChI is InChI=1S/C22H22ClN5O2S/c1-13-4-8-17(10-18(13)23)28-12-24-27-22(28)31-11-20(29)26-19-9-15(5-3-14(19)2)21(30)25-16-6-7-16/h3-5,8-10,12,16H,6-7,11H2,1-2H3,(H,25,30)(H,26,29). The molecule has 0 aliphatic heterocycles. The molecule has 3 aromatic rings. The van der Waals surface area contributed by atoms with E-state index in [9.17, 15) is 9.59 Å². The number of aryl methyl sites for hydroxylation is 2. The lowest BCUT2D eigenvalue weighted by Gasteiger charge is -2.11. The molecule has 4 rings (SSSR count). The maximum Gasteiger partial charge on any atom is 0.251 e. The van der Waals surface area contributed by atoms with Crippen molar-refractivity contribution in [3.63, 3.8) is 0 Å². The summed E-state index contributed by atoms with van der Waals surface area (Å²) in [5, 5.41) is 15.2. The highest BCUT2D eigenvalue weighted by molar-refractivity contribution is 7.99. The summed E-state index contributed by atoms with van der Waals surface area (Å²) in [7, 11) is 0. The summed E-state index contributed by atoms with van der Waals surface area (Å²) in [6.07, 6.45) is 3.64. The fourth-order valence-corrected chi connectivity index (χ4v) is 3.85. The Hall–Kier alpha value is -2.84. The highest BCUT2D eigenvalue weighted by atomic mass is 35.5. The first kappa shape index (κ1) is 21.4. The molecule has 0 spiro atoms. The Morgan fingerprint density at radius 2 is 1.94 bits per heavy atom. The number of halogens is 1. The van der Waals surface area contributed by atoms with E-state index in [-0.39, 0.29) is 23.6 Å². The predicted octanol–water partition coefficient (Wildman–Crippen LogP) is 4.16. The first-order valence-corrected chi connectivity index (χ1v) is 11.3. The molecule has 0 saturated heterocycles. The average molecular weight is 456 g/mol. The van der Waals surface area contributed by atoms with E-state index < -0.39 is 0 Å². The second kappa shape index (κ2) is 9.11. The van der Waals surface area contributed by atoms with Gasteiger partial charge in [0.15, 0.2) is 5.16 Å². The summed E-state index contributed by atoms with van der Waals surface area (Å²) in [5.74, 6) is -0.155.